The minimum atomic E-state index is -0.345. The zero-order chi connectivity index (χ0) is 22.7. The van der Waals surface area contributed by atoms with Crippen molar-refractivity contribution in [3.8, 4) is 0 Å². The summed E-state index contributed by atoms with van der Waals surface area (Å²) >= 11 is 6.75. The van der Waals surface area contributed by atoms with Crippen molar-refractivity contribution in [2.45, 2.75) is 116 Å². The lowest BCUT2D eigenvalue weighted by atomic mass is 9.43. The van der Waals surface area contributed by atoms with Gasteiger partial charge >= 0.3 is 0 Å². The molecule has 1 heterocycles. The highest BCUT2D eigenvalue weighted by atomic mass is 35.5. The van der Waals surface area contributed by atoms with Crippen LogP contribution in [0, 0.1) is 52.3 Å². The van der Waals surface area contributed by atoms with Gasteiger partial charge in [-0.25, -0.2) is 0 Å². The summed E-state index contributed by atoms with van der Waals surface area (Å²) in [5, 5.41) is 0.297. The Morgan fingerprint density at radius 2 is 1.56 bits per heavy atom. The Labute approximate surface area is 202 Å². The number of fused-ring (bicyclic) bond motifs is 6. The fraction of sp³-hybridized carbons (Fsp3) is 1.00. The predicted molar refractivity (Wildman–Crippen MR) is 133 cm³/mol. The van der Waals surface area contributed by atoms with Gasteiger partial charge in [0.2, 0.25) is 0 Å². The maximum absolute atomic E-state index is 6.75. The first kappa shape index (κ1) is 23.9. The SMILES string of the molecule is CC(C)CCC[C@@H](C)[C@H]1CC[C@H]2[C@@H]3CC4(OCCO4)[C@H]4C[C@@H](Cl)CC[C@]4(C)[C@H]3CC[C@]12C. The smallest absolute Gasteiger partial charge is 0.172 e. The molecule has 5 rings (SSSR count). The summed E-state index contributed by atoms with van der Waals surface area (Å²) in [6, 6.07) is 0. The molecule has 1 saturated heterocycles. The van der Waals surface area contributed by atoms with E-state index in [4.69, 9.17) is 21.1 Å². The molecule has 0 unspecified atom stereocenters. The van der Waals surface area contributed by atoms with Crippen molar-refractivity contribution in [3.63, 3.8) is 0 Å². The van der Waals surface area contributed by atoms with Crippen molar-refractivity contribution < 1.29 is 9.47 Å². The quantitative estimate of drug-likeness (QED) is 0.383. The molecule has 0 bridgehead atoms. The number of ether oxygens (including phenoxy) is 2. The minimum absolute atomic E-state index is 0.297. The highest BCUT2D eigenvalue weighted by Gasteiger charge is 2.67. The summed E-state index contributed by atoms with van der Waals surface area (Å²) in [5.41, 5.74) is 0.853. The Bertz CT molecular complexity index is 672. The fourth-order valence-electron chi connectivity index (χ4n) is 10.1. The monoisotopic (exact) mass is 464 g/mol. The highest BCUT2D eigenvalue weighted by molar-refractivity contribution is 6.20. The summed E-state index contributed by atoms with van der Waals surface area (Å²) in [4.78, 5) is 0. The molecule has 0 amide bonds. The number of hydrogen-bond donors (Lipinski definition) is 0. The van der Waals surface area contributed by atoms with Crippen molar-refractivity contribution in [2.24, 2.45) is 52.3 Å². The van der Waals surface area contributed by atoms with Crippen LogP contribution in [0.3, 0.4) is 0 Å². The first-order valence-electron chi connectivity index (χ1n) is 14.1. The van der Waals surface area contributed by atoms with E-state index in [0.717, 1.165) is 61.6 Å². The average molecular weight is 465 g/mol. The normalized spacial score (nSPS) is 48.5. The maximum Gasteiger partial charge on any atom is 0.172 e. The van der Waals surface area contributed by atoms with E-state index >= 15 is 0 Å². The molecule has 0 N–H and O–H groups in total. The van der Waals surface area contributed by atoms with E-state index in [2.05, 4.69) is 34.6 Å². The van der Waals surface area contributed by atoms with Crippen LogP contribution in [0.5, 0.6) is 0 Å². The van der Waals surface area contributed by atoms with Gasteiger partial charge in [0.25, 0.3) is 0 Å². The van der Waals surface area contributed by atoms with Gasteiger partial charge in [0, 0.05) is 17.7 Å². The third kappa shape index (κ3) is 3.72. The molecule has 4 aliphatic carbocycles. The van der Waals surface area contributed by atoms with Gasteiger partial charge in [-0.2, -0.15) is 0 Å². The number of rotatable bonds is 5. The maximum atomic E-state index is 6.75. The average Bonchev–Trinajstić information content (AvgIpc) is 3.34. The summed E-state index contributed by atoms with van der Waals surface area (Å²) in [6.45, 7) is 14.2. The Hall–Kier alpha value is 0.210. The number of hydrogen-bond acceptors (Lipinski definition) is 2. The number of halogens is 1. The van der Waals surface area contributed by atoms with Crippen LogP contribution in [0.25, 0.3) is 0 Å². The Morgan fingerprint density at radius 1 is 0.875 bits per heavy atom. The van der Waals surface area contributed by atoms with Crippen LogP contribution in [0.2, 0.25) is 0 Å². The molecule has 9 atom stereocenters. The van der Waals surface area contributed by atoms with Gasteiger partial charge in [-0.15, -0.1) is 11.6 Å². The van der Waals surface area contributed by atoms with Crippen LogP contribution in [0.4, 0.5) is 0 Å². The lowest BCUT2D eigenvalue weighted by Crippen LogP contribution is -2.63. The highest BCUT2D eigenvalue weighted by Crippen LogP contribution is 2.71. The van der Waals surface area contributed by atoms with Crippen molar-refractivity contribution in [3.05, 3.63) is 0 Å². The van der Waals surface area contributed by atoms with Gasteiger partial charge in [0.05, 0.1) is 13.2 Å². The Morgan fingerprint density at radius 3 is 2.28 bits per heavy atom. The standard InChI is InChI=1S/C29H49ClO2/c1-19(2)7-6-8-20(3)23-9-10-24-22-18-29(31-15-16-32-29)26-17-21(30)11-13-28(26,5)25(22)12-14-27(23,24)4/h19-26H,6-18H2,1-5H3/t20-,21+,22+,23-,24+,25+,26+,27-,28-/m1/s1. The largest absolute Gasteiger partial charge is 0.347 e. The molecule has 5 fully saturated rings. The van der Waals surface area contributed by atoms with Crippen LogP contribution < -0.4 is 0 Å². The van der Waals surface area contributed by atoms with Crippen molar-refractivity contribution in [1.82, 2.24) is 0 Å². The summed E-state index contributed by atoms with van der Waals surface area (Å²) in [6.07, 6.45) is 14.6. The Balaban J connectivity index is 1.39. The van der Waals surface area contributed by atoms with E-state index in [-0.39, 0.29) is 5.79 Å². The molecule has 1 spiro atoms. The molecule has 0 aromatic heterocycles. The summed E-state index contributed by atoms with van der Waals surface area (Å²) in [5.74, 6) is 5.21. The van der Waals surface area contributed by atoms with Crippen molar-refractivity contribution in [1.29, 1.82) is 0 Å². The zero-order valence-corrected chi connectivity index (χ0v) is 22.3. The second-order valence-electron chi connectivity index (χ2n) is 13.6. The van der Waals surface area contributed by atoms with Gasteiger partial charge in [0.15, 0.2) is 5.79 Å². The van der Waals surface area contributed by atoms with Gasteiger partial charge < -0.3 is 9.47 Å². The summed E-state index contributed by atoms with van der Waals surface area (Å²) in [7, 11) is 0. The lowest BCUT2D eigenvalue weighted by molar-refractivity contribution is -0.291. The Kier molecular flexibility index (Phi) is 6.51. The first-order valence-corrected chi connectivity index (χ1v) is 14.6. The topological polar surface area (TPSA) is 18.5 Å². The van der Waals surface area contributed by atoms with Gasteiger partial charge in [-0.3, -0.25) is 0 Å². The van der Waals surface area contributed by atoms with Gasteiger partial charge in [0.1, 0.15) is 0 Å². The van der Waals surface area contributed by atoms with Crippen LogP contribution >= 0.6 is 11.6 Å². The molecule has 1 aliphatic heterocycles. The number of alkyl halides is 1. The van der Waals surface area contributed by atoms with Crippen LogP contribution in [-0.2, 0) is 9.47 Å². The van der Waals surface area contributed by atoms with Crippen LogP contribution in [0.15, 0.2) is 0 Å². The van der Waals surface area contributed by atoms with Gasteiger partial charge in [-0.05, 0) is 91.3 Å². The van der Waals surface area contributed by atoms with Crippen molar-refractivity contribution in [2.75, 3.05) is 13.2 Å². The van der Waals surface area contributed by atoms with E-state index in [0.29, 0.717) is 22.1 Å². The molecular weight excluding hydrogens is 416 g/mol. The molecule has 4 saturated carbocycles. The first-order chi connectivity index (χ1) is 15.2. The van der Waals surface area contributed by atoms with E-state index in [1.54, 1.807) is 0 Å². The fourth-order valence-corrected chi connectivity index (χ4v) is 10.4. The molecular formula is C29H49ClO2. The molecule has 184 valence electrons. The predicted octanol–water partition coefficient (Wildman–Crippen LogP) is 8.07. The molecule has 0 aromatic carbocycles. The summed E-state index contributed by atoms with van der Waals surface area (Å²) < 4.78 is 13.1. The zero-order valence-electron chi connectivity index (χ0n) is 21.5. The van der Waals surface area contributed by atoms with E-state index in [9.17, 15) is 0 Å². The molecule has 32 heavy (non-hydrogen) atoms. The van der Waals surface area contributed by atoms with Crippen LogP contribution in [0.1, 0.15) is 105 Å². The van der Waals surface area contributed by atoms with Crippen molar-refractivity contribution >= 4 is 11.6 Å². The molecule has 3 heteroatoms. The third-order valence-corrected chi connectivity index (χ3v) is 12.0. The van der Waals surface area contributed by atoms with E-state index < -0.39 is 0 Å². The molecule has 0 radical (unpaired) electrons. The minimum Gasteiger partial charge on any atom is -0.347 e. The second-order valence-corrected chi connectivity index (χ2v) is 14.2. The van der Waals surface area contributed by atoms with Crippen LogP contribution in [-0.4, -0.2) is 24.4 Å². The third-order valence-electron chi connectivity index (χ3n) is 11.6. The second kappa shape index (κ2) is 8.70. The van der Waals surface area contributed by atoms with E-state index in [1.807, 2.05) is 0 Å². The lowest BCUT2D eigenvalue weighted by Gasteiger charge is -2.65. The molecule has 5 aliphatic rings. The molecule has 0 aromatic rings. The van der Waals surface area contributed by atoms with E-state index in [1.165, 1.54) is 57.8 Å². The van der Waals surface area contributed by atoms with Gasteiger partial charge in [-0.1, -0.05) is 53.9 Å². The molecule has 2 nitrogen and oxygen atoms in total.